The first-order valence-corrected chi connectivity index (χ1v) is 5.45. The Labute approximate surface area is 102 Å². The lowest BCUT2D eigenvalue weighted by atomic mass is 10.2. The van der Waals surface area contributed by atoms with Crippen LogP contribution in [0.5, 0.6) is 0 Å². The van der Waals surface area contributed by atoms with Crippen molar-refractivity contribution in [3.8, 4) is 0 Å². The molecule has 0 aliphatic rings. The molecule has 1 aromatic rings. The van der Waals surface area contributed by atoms with Crippen LogP contribution in [0.3, 0.4) is 0 Å². The molecule has 1 unspecified atom stereocenters. The highest BCUT2D eigenvalue weighted by Gasteiger charge is 2.12. The van der Waals surface area contributed by atoms with E-state index >= 15 is 0 Å². The highest BCUT2D eigenvalue weighted by molar-refractivity contribution is 7.44. The van der Waals surface area contributed by atoms with E-state index in [0.717, 1.165) is 5.69 Å². The molecule has 0 aliphatic carbocycles. The number of phosphoric ester groups is 1. The third-order valence-electron chi connectivity index (χ3n) is 1.54. The number of quaternary nitrogens is 1. The van der Waals surface area contributed by atoms with E-state index < -0.39 is 7.82 Å². The van der Waals surface area contributed by atoms with Gasteiger partial charge in [-0.05, 0) is 0 Å². The monoisotopic (exact) mass is 293 g/mol. The molecule has 1 aromatic heterocycles. The predicted octanol–water partition coefficient (Wildman–Crippen LogP) is -5.26. The molecule has 0 saturated heterocycles. The summed E-state index contributed by atoms with van der Waals surface area (Å²) in [6.07, 6.45) is 3.65. The summed E-state index contributed by atoms with van der Waals surface area (Å²) < 4.78 is 14.4. The number of H-pyrrole nitrogens is 1. The van der Waals surface area contributed by atoms with Gasteiger partial charge in [-0.15, -0.1) is 0 Å². The van der Waals surface area contributed by atoms with E-state index in [1.807, 2.05) is 0 Å². The summed E-state index contributed by atoms with van der Waals surface area (Å²) in [5.41, 5.74) is 4.51. The summed E-state index contributed by atoms with van der Waals surface area (Å²) in [5, 5.41) is 0. The molecule has 13 N–H and O–H groups in total. The maximum Gasteiger partial charge on any atom is 0.265 e. The van der Waals surface area contributed by atoms with Crippen LogP contribution in [0.1, 0.15) is 5.69 Å². The van der Waals surface area contributed by atoms with Crippen LogP contribution in [0, 0.1) is 0 Å². The Morgan fingerprint density at radius 2 is 2.06 bits per heavy atom. The van der Waals surface area contributed by atoms with Gasteiger partial charge in [0.2, 0.25) is 0 Å². The second kappa shape index (κ2) is 11.2. The summed E-state index contributed by atoms with van der Waals surface area (Å²) in [5.74, 6) is 0. The molecule has 12 heteroatoms. The van der Waals surface area contributed by atoms with Gasteiger partial charge >= 0.3 is 0 Å². The van der Waals surface area contributed by atoms with E-state index in [0.29, 0.717) is 6.42 Å². The minimum atomic E-state index is -4.63. The fraction of sp³-hybridized carbons (Fsp3) is 0.500. The number of phosphoric acid groups is 1. The molecule has 0 spiro atoms. The van der Waals surface area contributed by atoms with Crippen molar-refractivity contribution in [1.29, 1.82) is 0 Å². The van der Waals surface area contributed by atoms with Crippen LogP contribution in [0.2, 0.25) is 0 Å². The van der Waals surface area contributed by atoms with Crippen molar-refractivity contribution in [2.75, 3.05) is 6.61 Å². The van der Waals surface area contributed by atoms with E-state index in [9.17, 15) is 9.46 Å². The van der Waals surface area contributed by atoms with E-state index in [1.54, 1.807) is 6.20 Å². The fourth-order valence-electron chi connectivity index (χ4n) is 0.966. The van der Waals surface area contributed by atoms with Gasteiger partial charge in [-0.25, -0.2) is 4.98 Å². The Morgan fingerprint density at radius 1 is 1.50 bits per heavy atom. The second-order valence-electron chi connectivity index (χ2n) is 2.91. The van der Waals surface area contributed by atoms with Crippen molar-refractivity contribution in [3.63, 3.8) is 0 Å². The van der Waals surface area contributed by atoms with Crippen LogP contribution in [0.25, 0.3) is 0 Å². The Hall–Kier alpha value is -0.880. The molecular weight excluding hydrogens is 273 g/mol. The molecule has 0 saturated carbocycles. The number of aromatic amines is 1. The summed E-state index contributed by atoms with van der Waals surface area (Å²) in [4.78, 5) is 25.2. The van der Waals surface area contributed by atoms with Crippen molar-refractivity contribution < 1.29 is 46.5 Å². The lowest BCUT2D eigenvalue weighted by Crippen LogP contribution is -2.64. The zero-order valence-corrected chi connectivity index (χ0v) is 10.3. The third-order valence-corrected chi connectivity index (χ3v) is 2.01. The van der Waals surface area contributed by atoms with E-state index in [1.165, 1.54) is 6.33 Å². The molecule has 0 radical (unpaired) electrons. The summed E-state index contributed by atoms with van der Waals surface area (Å²) >= 11 is 0. The van der Waals surface area contributed by atoms with Gasteiger partial charge in [0.15, 0.2) is 0 Å². The van der Waals surface area contributed by atoms with Crippen molar-refractivity contribution >= 4 is 7.82 Å². The van der Waals surface area contributed by atoms with Crippen molar-refractivity contribution in [1.82, 2.24) is 9.97 Å². The number of nitrogens with one attached hydrogen (secondary N) is 1. The van der Waals surface area contributed by atoms with Gasteiger partial charge in [-0.3, -0.25) is 4.57 Å². The van der Waals surface area contributed by atoms with Gasteiger partial charge in [0.25, 0.3) is 7.82 Å². The van der Waals surface area contributed by atoms with Gasteiger partial charge in [-0.1, -0.05) is 0 Å². The predicted molar refractivity (Wildman–Crippen MR) is 59.2 cm³/mol. The molecule has 0 bridgehead atoms. The van der Waals surface area contributed by atoms with Crippen LogP contribution in [0.4, 0.5) is 0 Å². The summed E-state index contributed by atoms with van der Waals surface area (Å²) in [6.45, 7) is -0.143. The number of rotatable bonds is 5. The lowest BCUT2D eigenvalue weighted by molar-refractivity contribution is -0.425. The SMILES string of the molecule is O.O.O.O.[NH3+][C@@H](COP(=O)([O-])O)Cc1cnc[nH]1. The average Bonchev–Trinajstić information content (AvgIpc) is 2.52. The maximum absolute atomic E-state index is 10.3. The zero-order chi connectivity index (χ0) is 10.6. The molecule has 0 fully saturated rings. The van der Waals surface area contributed by atoms with Crippen LogP contribution < -0.4 is 10.6 Å². The molecule has 1 rings (SSSR count). The Balaban J connectivity index is -0.000000245. The number of nitrogens with zero attached hydrogens (tertiary/aromatic N) is 1. The standard InChI is InChI=1S/C6H12N3O4P.4H2O/c7-5(3-13-14(10,11)12)1-6-2-8-4-9-6;;;;/h2,4-5H,1,3,7H2,(H,8,9)(H2,10,11,12);4*1H2/t5-;;;;/m1..../s1. The van der Waals surface area contributed by atoms with Gasteiger partial charge in [0.1, 0.15) is 12.6 Å². The molecule has 1 heterocycles. The quantitative estimate of drug-likeness (QED) is 0.448. The van der Waals surface area contributed by atoms with E-state index in [-0.39, 0.29) is 34.6 Å². The fourth-order valence-corrected chi connectivity index (χ4v) is 1.37. The minimum Gasteiger partial charge on any atom is -0.756 e. The van der Waals surface area contributed by atoms with Crippen LogP contribution in [-0.2, 0) is 15.5 Å². The lowest BCUT2D eigenvalue weighted by Gasteiger charge is -2.16. The largest absolute Gasteiger partial charge is 0.756 e. The third kappa shape index (κ3) is 11.6. The summed E-state index contributed by atoms with van der Waals surface area (Å²) in [6, 6.07) is -0.259. The molecular formula is C6H20N3O8P. The average molecular weight is 293 g/mol. The molecule has 2 atom stereocenters. The molecule has 0 amide bonds. The van der Waals surface area contributed by atoms with Gasteiger partial charge in [0, 0.05) is 18.3 Å². The normalized spacial score (nSPS) is 13.7. The van der Waals surface area contributed by atoms with Crippen molar-refractivity contribution in [2.24, 2.45) is 0 Å². The highest BCUT2D eigenvalue weighted by Crippen LogP contribution is 2.29. The minimum absolute atomic E-state index is 0. The van der Waals surface area contributed by atoms with Crippen LogP contribution >= 0.6 is 7.82 Å². The Bertz CT molecular complexity index is 315. The van der Waals surface area contributed by atoms with Gasteiger partial charge in [0.05, 0.1) is 6.33 Å². The molecule has 18 heavy (non-hydrogen) atoms. The van der Waals surface area contributed by atoms with Gasteiger partial charge in [-0.2, -0.15) is 0 Å². The molecule has 11 nitrogen and oxygen atoms in total. The first-order valence-electron chi connectivity index (χ1n) is 3.96. The first-order chi connectivity index (χ1) is 6.47. The zero-order valence-electron chi connectivity index (χ0n) is 9.42. The molecule has 112 valence electrons. The highest BCUT2D eigenvalue weighted by atomic mass is 31.2. The van der Waals surface area contributed by atoms with Crippen molar-refractivity contribution in [3.05, 3.63) is 18.2 Å². The Kier molecular flexibility index (Phi) is 16.1. The topological polar surface area (TPSA) is 252 Å². The number of aromatic nitrogens is 2. The smallest absolute Gasteiger partial charge is 0.265 e. The van der Waals surface area contributed by atoms with Crippen LogP contribution in [0.15, 0.2) is 12.5 Å². The summed E-state index contributed by atoms with van der Waals surface area (Å²) in [7, 11) is -4.63. The molecule has 0 aromatic carbocycles. The molecule has 0 aliphatic heterocycles. The van der Waals surface area contributed by atoms with E-state index in [4.69, 9.17) is 4.89 Å². The maximum atomic E-state index is 10.3. The van der Waals surface area contributed by atoms with Crippen LogP contribution in [-0.4, -0.2) is 49.4 Å². The first kappa shape index (κ1) is 25.8. The number of hydrogen-bond acceptors (Lipinski definition) is 4. The Morgan fingerprint density at radius 3 is 2.44 bits per heavy atom. The number of imidazole rings is 1. The van der Waals surface area contributed by atoms with Gasteiger partial charge < -0.3 is 46.9 Å². The van der Waals surface area contributed by atoms with E-state index in [2.05, 4.69) is 20.2 Å². The number of hydrogen-bond donors (Lipinski definition) is 3. The van der Waals surface area contributed by atoms with Crippen molar-refractivity contribution in [2.45, 2.75) is 12.5 Å². The second-order valence-corrected chi connectivity index (χ2v) is 4.11.